The van der Waals surface area contributed by atoms with E-state index in [4.69, 9.17) is 12.3 Å². The molecule has 1 atom stereocenters. The number of benzene rings is 1. The largest absolute Gasteiger partial charge is 0.368 e. The molecule has 0 saturated carbocycles. The van der Waals surface area contributed by atoms with Gasteiger partial charge in [0, 0.05) is 12.3 Å². The van der Waals surface area contributed by atoms with E-state index in [1.807, 2.05) is 51.4 Å². The van der Waals surface area contributed by atoms with Gasteiger partial charge in [0.15, 0.2) is 0 Å². The molecule has 1 aromatic carbocycles. The van der Waals surface area contributed by atoms with Crippen LogP contribution in [0.3, 0.4) is 0 Å². The summed E-state index contributed by atoms with van der Waals surface area (Å²) in [5.74, 6) is 0.264. The van der Waals surface area contributed by atoms with Gasteiger partial charge in [-0.25, -0.2) is 9.83 Å². The number of rotatable bonds is 9. The SMILES string of the molecule is [C-]#[N+]c1c(SCCN(C)C)nc(SC(C(N)=O)c2ccccc2)c(C#N)c1CC. The van der Waals surface area contributed by atoms with E-state index in [0.29, 0.717) is 33.3 Å². The highest BCUT2D eigenvalue weighted by Gasteiger charge is 2.25. The number of pyridine rings is 1. The van der Waals surface area contributed by atoms with Gasteiger partial charge < -0.3 is 10.6 Å². The number of nitrogens with two attached hydrogens (primary N) is 1. The lowest BCUT2D eigenvalue weighted by molar-refractivity contribution is -0.117. The van der Waals surface area contributed by atoms with Crippen LogP contribution in [-0.2, 0) is 11.2 Å². The highest BCUT2D eigenvalue weighted by molar-refractivity contribution is 8.00. The number of nitriles is 1. The van der Waals surface area contributed by atoms with E-state index in [0.717, 1.165) is 17.9 Å². The Kier molecular flexibility index (Phi) is 8.53. The third kappa shape index (κ3) is 5.74. The van der Waals surface area contributed by atoms with Crippen LogP contribution in [0.2, 0.25) is 0 Å². The Morgan fingerprint density at radius 2 is 2.03 bits per heavy atom. The summed E-state index contributed by atoms with van der Waals surface area (Å²) in [4.78, 5) is 22.5. The first-order chi connectivity index (χ1) is 13.9. The molecule has 0 spiro atoms. The van der Waals surface area contributed by atoms with Crippen LogP contribution < -0.4 is 5.73 Å². The summed E-state index contributed by atoms with van der Waals surface area (Å²) in [5.41, 5.74) is 7.85. The van der Waals surface area contributed by atoms with Crippen molar-refractivity contribution in [2.75, 3.05) is 26.4 Å². The van der Waals surface area contributed by atoms with Crippen molar-refractivity contribution in [3.8, 4) is 6.07 Å². The summed E-state index contributed by atoms with van der Waals surface area (Å²) in [5, 5.41) is 10.1. The average Bonchev–Trinajstić information content (AvgIpc) is 2.71. The third-order valence-corrected chi connectivity index (χ3v) is 6.36. The zero-order valence-electron chi connectivity index (χ0n) is 16.7. The van der Waals surface area contributed by atoms with E-state index < -0.39 is 11.2 Å². The Balaban J connectivity index is 2.53. The first-order valence-corrected chi connectivity index (χ1v) is 10.9. The Bertz CT molecular complexity index is 948. The lowest BCUT2D eigenvalue weighted by Gasteiger charge is -2.18. The molecule has 0 aliphatic heterocycles. The molecule has 0 fully saturated rings. The van der Waals surface area contributed by atoms with Crippen molar-refractivity contribution in [1.82, 2.24) is 9.88 Å². The van der Waals surface area contributed by atoms with Crippen LogP contribution >= 0.6 is 23.5 Å². The van der Waals surface area contributed by atoms with Crippen LogP contribution in [0.15, 0.2) is 40.4 Å². The van der Waals surface area contributed by atoms with Gasteiger partial charge in [0.25, 0.3) is 0 Å². The zero-order valence-corrected chi connectivity index (χ0v) is 18.3. The van der Waals surface area contributed by atoms with E-state index in [1.165, 1.54) is 23.5 Å². The molecule has 6 nitrogen and oxygen atoms in total. The van der Waals surface area contributed by atoms with Gasteiger partial charge in [-0.15, -0.1) is 11.8 Å². The number of nitrogens with zero attached hydrogens (tertiary/aromatic N) is 4. The molecule has 0 aliphatic rings. The van der Waals surface area contributed by atoms with Gasteiger partial charge in [0.2, 0.25) is 11.6 Å². The summed E-state index contributed by atoms with van der Waals surface area (Å²) < 4.78 is 0. The lowest BCUT2D eigenvalue weighted by atomic mass is 10.1. The third-order valence-electron chi connectivity index (χ3n) is 4.15. The molecule has 1 aromatic heterocycles. The van der Waals surface area contributed by atoms with Crippen molar-refractivity contribution in [2.24, 2.45) is 5.73 Å². The average molecular weight is 426 g/mol. The van der Waals surface area contributed by atoms with Gasteiger partial charge in [0.05, 0.1) is 12.1 Å². The number of thioether (sulfide) groups is 2. The maximum absolute atomic E-state index is 12.1. The molecule has 29 heavy (non-hydrogen) atoms. The van der Waals surface area contributed by atoms with Crippen LogP contribution in [0.4, 0.5) is 5.69 Å². The molecule has 0 radical (unpaired) electrons. The van der Waals surface area contributed by atoms with E-state index in [2.05, 4.69) is 20.8 Å². The molecule has 1 unspecified atom stereocenters. The van der Waals surface area contributed by atoms with E-state index >= 15 is 0 Å². The number of amides is 1. The van der Waals surface area contributed by atoms with Crippen LogP contribution in [0.1, 0.15) is 28.9 Å². The topological polar surface area (TPSA) is 87.4 Å². The predicted octanol–water partition coefficient (Wildman–Crippen LogP) is 4.04. The van der Waals surface area contributed by atoms with Gasteiger partial charge in [-0.1, -0.05) is 49.0 Å². The van der Waals surface area contributed by atoms with Crippen molar-refractivity contribution in [3.05, 3.63) is 58.4 Å². The molecule has 1 heterocycles. The second-order valence-electron chi connectivity index (χ2n) is 6.46. The molecule has 0 bridgehead atoms. The molecule has 0 saturated heterocycles. The van der Waals surface area contributed by atoms with Crippen molar-refractivity contribution in [2.45, 2.75) is 28.6 Å². The Morgan fingerprint density at radius 3 is 2.55 bits per heavy atom. The smallest absolute Gasteiger partial charge is 0.235 e. The maximum Gasteiger partial charge on any atom is 0.235 e. The van der Waals surface area contributed by atoms with Crippen molar-refractivity contribution in [3.63, 3.8) is 0 Å². The quantitative estimate of drug-likeness (QED) is 0.482. The number of aromatic nitrogens is 1. The van der Waals surface area contributed by atoms with Gasteiger partial charge in [-0.05, 0) is 31.6 Å². The van der Waals surface area contributed by atoms with Crippen LogP contribution in [0.25, 0.3) is 4.85 Å². The van der Waals surface area contributed by atoms with Gasteiger partial charge in [-0.2, -0.15) is 5.26 Å². The van der Waals surface area contributed by atoms with Gasteiger partial charge >= 0.3 is 0 Å². The van der Waals surface area contributed by atoms with E-state index in [1.54, 1.807) is 0 Å². The fourth-order valence-corrected chi connectivity index (χ4v) is 4.93. The monoisotopic (exact) mass is 425 g/mol. The first-order valence-electron chi connectivity index (χ1n) is 9.05. The maximum atomic E-state index is 12.1. The molecular formula is C21H23N5OS2. The molecule has 1 amide bonds. The van der Waals surface area contributed by atoms with Crippen molar-refractivity contribution >= 4 is 35.1 Å². The van der Waals surface area contributed by atoms with E-state index in [-0.39, 0.29) is 0 Å². The van der Waals surface area contributed by atoms with Crippen LogP contribution in [0, 0.1) is 17.9 Å². The summed E-state index contributed by atoms with van der Waals surface area (Å²) in [6, 6.07) is 11.4. The molecule has 0 aliphatic carbocycles. The summed E-state index contributed by atoms with van der Waals surface area (Å²) in [6.07, 6.45) is 0.532. The Morgan fingerprint density at radius 1 is 1.34 bits per heavy atom. The zero-order chi connectivity index (χ0) is 21.4. The second-order valence-corrected chi connectivity index (χ2v) is 8.64. The number of carbonyl (C=O) groups is 1. The minimum Gasteiger partial charge on any atom is -0.368 e. The lowest BCUT2D eigenvalue weighted by Crippen LogP contribution is -2.19. The number of hydrogen-bond donors (Lipinski definition) is 1. The molecule has 150 valence electrons. The molecular weight excluding hydrogens is 402 g/mol. The van der Waals surface area contributed by atoms with Crippen LogP contribution in [-0.4, -0.2) is 42.2 Å². The summed E-state index contributed by atoms with van der Waals surface area (Å²) >= 11 is 2.66. The van der Waals surface area contributed by atoms with Crippen LogP contribution in [0.5, 0.6) is 0 Å². The molecule has 2 rings (SSSR count). The number of carbonyl (C=O) groups excluding carboxylic acids is 1. The molecule has 2 N–H and O–H groups in total. The fourth-order valence-electron chi connectivity index (χ4n) is 2.69. The summed E-state index contributed by atoms with van der Waals surface area (Å²) in [7, 11) is 3.97. The van der Waals surface area contributed by atoms with Crippen molar-refractivity contribution in [1.29, 1.82) is 5.26 Å². The first kappa shape index (κ1) is 22.8. The molecule has 2 aromatic rings. The Labute approximate surface area is 180 Å². The van der Waals surface area contributed by atoms with Gasteiger partial charge in [0.1, 0.15) is 21.4 Å². The van der Waals surface area contributed by atoms with Gasteiger partial charge in [-0.3, -0.25) is 4.79 Å². The highest BCUT2D eigenvalue weighted by Crippen LogP contribution is 2.42. The number of primary amides is 1. The molecule has 8 heteroatoms. The second kappa shape index (κ2) is 10.9. The normalized spacial score (nSPS) is 11.7. The summed E-state index contributed by atoms with van der Waals surface area (Å²) in [6.45, 7) is 10.4. The standard InChI is InChI=1S/C21H23N5OS2/c1-5-15-16(13-22)20(25-21(17(15)24-2)28-12-11-26(3)4)29-18(19(23)27)14-9-7-6-8-10-14/h6-10,18H,5,11-12H2,1,3-4H3,(H2,23,27). The fraction of sp³-hybridized carbons (Fsp3) is 0.333. The van der Waals surface area contributed by atoms with Crippen molar-refractivity contribution < 1.29 is 4.79 Å². The minimum absolute atomic E-state index is 0.350. The highest BCUT2D eigenvalue weighted by atomic mass is 32.2. The predicted molar refractivity (Wildman–Crippen MR) is 118 cm³/mol. The number of hydrogen-bond acceptors (Lipinski definition) is 6. The minimum atomic E-state index is -0.668. The van der Waals surface area contributed by atoms with E-state index in [9.17, 15) is 10.1 Å². The Hall–Kier alpha value is -2.52.